The topological polar surface area (TPSA) is 12.5 Å². The number of hydrogen-bond donors (Lipinski definition) is 0. The number of benzene rings is 1. The standard InChI is InChI=1S/C15H21NO/c1-4-12-5-6-14-13(7-12)8-17-15(14)9-16(10-15)11(2)3/h5-7,11H,4,8-10H2,1-3H3. The molecule has 0 atom stereocenters. The Kier molecular flexibility index (Phi) is 2.53. The highest BCUT2D eigenvalue weighted by Crippen LogP contribution is 2.44. The third-order valence-electron chi connectivity index (χ3n) is 4.22. The van der Waals surface area contributed by atoms with Crippen molar-refractivity contribution in [2.75, 3.05) is 13.1 Å². The maximum absolute atomic E-state index is 6.09. The summed E-state index contributed by atoms with van der Waals surface area (Å²) in [7, 11) is 0. The third kappa shape index (κ3) is 1.62. The molecule has 0 aromatic heterocycles. The molecule has 0 N–H and O–H groups in total. The van der Waals surface area contributed by atoms with Crippen LogP contribution in [0.3, 0.4) is 0 Å². The van der Waals surface area contributed by atoms with Crippen LogP contribution >= 0.6 is 0 Å². The number of ether oxygens (including phenoxy) is 1. The smallest absolute Gasteiger partial charge is 0.119 e. The third-order valence-corrected chi connectivity index (χ3v) is 4.22. The van der Waals surface area contributed by atoms with Crippen LogP contribution in [0.2, 0.25) is 0 Å². The van der Waals surface area contributed by atoms with Gasteiger partial charge in [0.05, 0.1) is 6.61 Å². The molecule has 1 fully saturated rings. The summed E-state index contributed by atoms with van der Waals surface area (Å²) in [5, 5.41) is 0. The van der Waals surface area contributed by atoms with Crippen molar-refractivity contribution < 1.29 is 4.74 Å². The van der Waals surface area contributed by atoms with E-state index in [-0.39, 0.29) is 5.60 Å². The fourth-order valence-corrected chi connectivity index (χ4v) is 2.96. The summed E-state index contributed by atoms with van der Waals surface area (Å²) in [5.74, 6) is 0. The first-order valence-electron chi connectivity index (χ1n) is 6.65. The summed E-state index contributed by atoms with van der Waals surface area (Å²) in [5.41, 5.74) is 4.29. The van der Waals surface area contributed by atoms with Gasteiger partial charge in [-0.3, -0.25) is 4.90 Å². The molecule has 2 heterocycles. The highest BCUT2D eigenvalue weighted by molar-refractivity contribution is 5.41. The first-order valence-corrected chi connectivity index (χ1v) is 6.65. The minimum absolute atomic E-state index is 0.0197. The quantitative estimate of drug-likeness (QED) is 0.776. The van der Waals surface area contributed by atoms with E-state index in [2.05, 4.69) is 43.9 Å². The number of fused-ring (bicyclic) bond motifs is 2. The highest BCUT2D eigenvalue weighted by atomic mass is 16.5. The summed E-state index contributed by atoms with van der Waals surface area (Å²) >= 11 is 0. The van der Waals surface area contributed by atoms with Gasteiger partial charge in [0.2, 0.25) is 0 Å². The zero-order valence-electron chi connectivity index (χ0n) is 11.0. The molecule has 0 bridgehead atoms. The van der Waals surface area contributed by atoms with Crippen molar-refractivity contribution in [3.63, 3.8) is 0 Å². The molecule has 17 heavy (non-hydrogen) atoms. The van der Waals surface area contributed by atoms with E-state index in [0.29, 0.717) is 6.04 Å². The molecule has 1 aromatic rings. The van der Waals surface area contributed by atoms with Crippen molar-refractivity contribution in [3.8, 4) is 0 Å². The monoisotopic (exact) mass is 231 g/mol. The fraction of sp³-hybridized carbons (Fsp3) is 0.600. The second-order valence-electron chi connectivity index (χ2n) is 5.63. The molecule has 1 saturated heterocycles. The number of nitrogens with zero attached hydrogens (tertiary/aromatic N) is 1. The van der Waals surface area contributed by atoms with Crippen molar-refractivity contribution in [3.05, 3.63) is 34.9 Å². The number of aryl methyl sites for hydroxylation is 1. The van der Waals surface area contributed by atoms with E-state index >= 15 is 0 Å². The Labute approximate surface area is 104 Å². The molecule has 0 amide bonds. The van der Waals surface area contributed by atoms with Crippen molar-refractivity contribution in [1.29, 1.82) is 0 Å². The minimum Gasteiger partial charge on any atom is -0.363 e. The maximum Gasteiger partial charge on any atom is 0.119 e. The van der Waals surface area contributed by atoms with E-state index in [0.717, 1.165) is 26.1 Å². The Bertz CT molecular complexity index is 433. The van der Waals surface area contributed by atoms with E-state index < -0.39 is 0 Å². The highest BCUT2D eigenvalue weighted by Gasteiger charge is 2.50. The van der Waals surface area contributed by atoms with E-state index in [1.807, 2.05) is 0 Å². The molecule has 0 saturated carbocycles. The molecular formula is C15H21NO. The van der Waals surface area contributed by atoms with Crippen LogP contribution in [-0.2, 0) is 23.4 Å². The summed E-state index contributed by atoms with van der Waals surface area (Å²) in [4.78, 5) is 2.48. The van der Waals surface area contributed by atoms with Crippen LogP contribution in [0.15, 0.2) is 18.2 Å². The summed E-state index contributed by atoms with van der Waals surface area (Å²) in [6.07, 6.45) is 1.11. The van der Waals surface area contributed by atoms with Gasteiger partial charge in [0, 0.05) is 19.1 Å². The molecule has 1 spiro atoms. The van der Waals surface area contributed by atoms with Crippen molar-refractivity contribution in [1.82, 2.24) is 4.90 Å². The van der Waals surface area contributed by atoms with Crippen molar-refractivity contribution in [2.45, 2.75) is 45.4 Å². The summed E-state index contributed by atoms with van der Waals surface area (Å²) < 4.78 is 6.09. The Hall–Kier alpha value is -0.860. The normalized spacial score (nSPS) is 21.9. The van der Waals surface area contributed by atoms with Crippen molar-refractivity contribution in [2.24, 2.45) is 0 Å². The second-order valence-corrected chi connectivity index (χ2v) is 5.63. The Morgan fingerprint density at radius 3 is 2.76 bits per heavy atom. The summed E-state index contributed by atoms with van der Waals surface area (Å²) in [6.45, 7) is 9.63. The fourth-order valence-electron chi connectivity index (χ4n) is 2.96. The summed E-state index contributed by atoms with van der Waals surface area (Å²) in [6, 6.07) is 7.50. The molecule has 1 aromatic carbocycles. The molecule has 2 aliphatic rings. The van der Waals surface area contributed by atoms with E-state index in [1.165, 1.54) is 16.7 Å². The van der Waals surface area contributed by atoms with Gasteiger partial charge < -0.3 is 4.74 Å². The van der Waals surface area contributed by atoms with Gasteiger partial charge in [-0.25, -0.2) is 0 Å². The van der Waals surface area contributed by atoms with Gasteiger partial charge in [-0.15, -0.1) is 0 Å². The average Bonchev–Trinajstić information content (AvgIpc) is 2.65. The Morgan fingerprint density at radius 2 is 2.12 bits per heavy atom. The zero-order valence-corrected chi connectivity index (χ0v) is 11.0. The number of hydrogen-bond acceptors (Lipinski definition) is 2. The Balaban J connectivity index is 1.86. The van der Waals surface area contributed by atoms with Crippen LogP contribution < -0.4 is 0 Å². The first kappa shape index (κ1) is 11.2. The number of rotatable bonds is 2. The van der Waals surface area contributed by atoms with Gasteiger partial charge in [-0.2, -0.15) is 0 Å². The molecule has 92 valence electrons. The van der Waals surface area contributed by atoms with Crippen LogP contribution in [0.1, 0.15) is 37.5 Å². The van der Waals surface area contributed by atoms with Crippen LogP contribution in [0.5, 0.6) is 0 Å². The first-order chi connectivity index (χ1) is 8.14. The maximum atomic E-state index is 6.09. The molecular weight excluding hydrogens is 210 g/mol. The van der Waals surface area contributed by atoms with E-state index in [9.17, 15) is 0 Å². The number of likely N-dealkylation sites (tertiary alicyclic amines) is 1. The molecule has 2 aliphatic heterocycles. The predicted molar refractivity (Wildman–Crippen MR) is 69.0 cm³/mol. The van der Waals surface area contributed by atoms with Crippen LogP contribution in [0.25, 0.3) is 0 Å². The minimum atomic E-state index is 0.0197. The van der Waals surface area contributed by atoms with Gasteiger partial charge in [0.1, 0.15) is 5.60 Å². The SMILES string of the molecule is CCc1ccc2c(c1)COC21CN(C(C)C)C1. The predicted octanol–water partition coefficient (Wildman–Crippen LogP) is 2.70. The molecule has 3 rings (SSSR count). The molecule has 0 unspecified atom stereocenters. The van der Waals surface area contributed by atoms with E-state index in [1.54, 1.807) is 0 Å². The lowest BCUT2D eigenvalue weighted by Gasteiger charge is -2.49. The largest absolute Gasteiger partial charge is 0.363 e. The lowest BCUT2D eigenvalue weighted by Crippen LogP contribution is -2.61. The molecule has 0 aliphatic carbocycles. The van der Waals surface area contributed by atoms with Crippen LogP contribution in [0, 0.1) is 0 Å². The average molecular weight is 231 g/mol. The van der Waals surface area contributed by atoms with Gasteiger partial charge in [0.15, 0.2) is 0 Å². The molecule has 0 radical (unpaired) electrons. The van der Waals surface area contributed by atoms with Gasteiger partial charge in [0.25, 0.3) is 0 Å². The Morgan fingerprint density at radius 1 is 1.35 bits per heavy atom. The zero-order chi connectivity index (χ0) is 12.0. The lowest BCUT2D eigenvalue weighted by atomic mass is 9.84. The van der Waals surface area contributed by atoms with Gasteiger partial charge >= 0.3 is 0 Å². The molecule has 2 heteroatoms. The second kappa shape index (κ2) is 3.82. The van der Waals surface area contributed by atoms with Crippen LogP contribution in [0.4, 0.5) is 0 Å². The van der Waals surface area contributed by atoms with E-state index in [4.69, 9.17) is 4.74 Å². The van der Waals surface area contributed by atoms with Gasteiger partial charge in [-0.1, -0.05) is 25.1 Å². The van der Waals surface area contributed by atoms with Crippen molar-refractivity contribution >= 4 is 0 Å². The van der Waals surface area contributed by atoms with Gasteiger partial charge in [-0.05, 0) is 37.0 Å². The lowest BCUT2D eigenvalue weighted by molar-refractivity contribution is -0.151. The van der Waals surface area contributed by atoms with Crippen LogP contribution in [-0.4, -0.2) is 24.0 Å². The molecule has 2 nitrogen and oxygen atoms in total.